The van der Waals surface area contributed by atoms with Gasteiger partial charge < -0.3 is 79.9 Å². The van der Waals surface area contributed by atoms with Crippen molar-refractivity contribution in [2.45, 2.75) is 274 Å². The monoisotopic (exact) mass is 1490 g/mol. The molecule has 5 heterocycles. The van der Waals surface area contributed by atoms with Gasteiger partial charge in [0.05, 0.1) is 77.9 Å². The summed E-state index contributed by atoms with van der Waals surface area (Å²) in [5.74, 6) is -0.590. The zero-order chi connectivity index (χ0) is 74.9. The highest BCUT2D eigenvalue weighted by Crippen LogP contribution is 2.46. The average Bonchev–Trinajstić information content (AvgIpc) is 1.54. The minimum absolute atomic E-state index is 0.0439. The topological polar surface area (TPSA) is 174 Å². The molecule has 4 fully saturated rings. The first-order valence-electron chi connectivity index (χ1n) is 38.5. The number of rotatable bonds is 37. The first kappa shape index (κ1) is 81.0. The van der Waals surface area contributed by atoms with E-state index in [-0.39, 0.29) is 86.1 Å². The van der Waals surface area contributed by atoms with Crippen LogP contribution in [0.4, 0.5) is 4.79 Å². The smallest absolute Gasteiger partial charge is 0.493 e. The van der Waals surface area contributed by atoms with Gasteiger partial charge in [0.2, 0.25) is 8.32 Å². The molecule has 0 aromatic heterocycles. The predicted molar refractivity (Wildman–Crippen MR) is 410 cm³/mol. The minimum atomic E-state index is -2.58. The van der Waals surface area contributed by atoms with E-state index in [0.717, 1.165) is 33.4 Å². The Kier molecular flexibility index (Phi) is 29.5. The molecule has 0 saturated carbocycles. The molecule has 5 aliphatic rings. The van der Waals surface area contributed by atoms with E-state index in [1.165, 1.54) is 0 Å². The van der Waals surface area contributed by atoms with Crippen molar-refractivity contribution in [3.63, 3.8) is 0 Å². The first-order chi connectivity index (χ1) is 51.2. The van der Waals surface area contributed by atoms with E-state index in [4.69, 9.17) is 79.9 Å². The van der Waals surface area contributed by atoms with Crippen LogP contribution in [0.15, 0.2) is 194 Å². The van der Waals surface area contributed by atoms with Crippen LogP contribution < -0.4 is 0 Å². The molecule has 0 N–H and O–H groups in total. The maximum Gasteiger partial charge on any atom is 0.509 e. The Bertz CT molecular complexity index is 3520. The first-order valence-corrected chi connectivity index (χ1v) is 42.8. The lowest BCUT2D eigenvalue weighted by Crippen LogP contribution is -2.65. The molecule has 11 rings (SSSR count). The molecule has 18 nitrogen and oxygen atoms in total. The van der Waals surface area contributed by atoms with Gasteiger partial charge in [-0.15, -0.1) is 0 Å². The van der Waals surface area contributed by atoms with Crippen LogP contribution >= 0.6 is 0 Å². The minimum Gasteiger partial charge on any atom is -0.493 e. The van der Waals surface area contributed by atoms with Gasteiger partial charge in [0, 0.05) is 5.92 Å². The third-order valence-corrected chi connectivity index (χ3v) is 34.2. The van der Waals surface area contributed by atoms with Gasteiger partial charge in [-0.05, 0) is 86.6 Å². The van der Waals surface area contributed by atoms with Gasteiger partial charge in [0.1, 0.15) is 54.9 Å². The van der Waals surface area contributed by atoms with E-state index in [1.807, 2.05) is 202 Å². The highest BCUT2D eigenvalue weighted by Gasteiger charge is 2.60. The number of fused-ring (bicyclic) bond motifs is 1. The van der Waals surface area contributed by atoms with E-state index < -0.39 is 133 Å². The number of hydrogen-bond acceptors (Lipinski definition) is 18. The summed E-state index contributed by atoms with van der Waals surface area (Å²) in [5, 5.41) is 0. The maximum absolute atomic E-state index is 14.1. The molecule has 0 radical (unpaired) electrons. The molecule has 20 heteroatoms. The van der Waals surface area contributed by atoms with E-state index in [0.29, 0.717) is 6.61 Å². The van der Waals surface area contributed by atoms with Crippen molar-refractivity contribution in [2.24, 2.45) is 5.92 Å². The van der Waals surface area contributed by atoms with Crippen molar-refractivity contribution in [1.29, 1.82) is 0 Å². The lowest BCUT2D eigenvalue weighted by atomic mass is 9.94. The van der Waals surface area contributed by atoms with E-state index in [2.05, 4.69) is 83.1 Å². The van der Waals surface area contributed by atoms with Crippen molar-refractivity contribution in [1.82, 2.24) is 0 Å². The summed E-state index contributed by atoms with van der Waals surface area (Å²) in [6.45, 7) is 32.7. The summed E-state index contributed by atoms with van der Waals surface area (Å²) in [7, 11) is -5.12. The molecule has 106 heavy (non-hydrogen) atoms. The van der Waals surface area contributed by atoms with Crippen LogP contribution in [0.1, 0.15) is 130 Å². The third-order valence-electron chi connectivity index (χ3n) is 22.0. The zero-order valence-corrected chi connectivity index (χ0v) is 66.5. The molecular formula is C86H116O18Si2. The van der Waals surface area contributed by atoms with Crippen LogP contribution in [0.3, 0.4) is 0 Å². The molecule has 4 saturated heterocycles. The van der Waals surface area contributed by atoms with Crippen LogP contribution in [0.25, 0.3) is 0 Å². The third kappa shape index (κ3) is 19.9. The Balaban J connectivity index is 0.978. The summed E-state index contributed by atoms with van der Waals surface area (Å²) in [5.41, 5.74) is 7.28. The lowest BCUT2D eigenvalue weighted by Gasteiger charge is -2.49. The summed E-state index contributed by atoms with van der Waals surface area (Å²) < 4.78 is 121. The van der Waals surface area contributed by atoms with Gasteiger partial charge in [-0.2, -0.15) is 0 Å². The fraction of sp³-hybridized carbons (Fsp3) is 0.547. The highest BCUT2D eigenvalue weighted by atomic mass is 28.4. The Morgan fingerprint density at radius 3 is 0.991 bits per heavy atom. The van der Waals surface area contributed by atoms with Crippen molar-refractivity contribution in [3.05, 3.63) is 228 Å². The van der Waals surface area contributed by atoms with Gasteiger partial charge in [-0.25, -0.2) is 4.79 Å². The number of benzene rings is 6. The molecule has 576 valence electrons. The average molecular weight is 1490 g/mol. The zero-order valence-electron chi connectivity index (χ0n) is 64.5. The molecular weight excluding hydrogens is 1380 g/mol. The molecule has 0 spiro atoms. The summed E-state index contributed by atoms with van der Waals surface area (Å²) in [6, 6.07) is 60.2. The summed E-state index contributed by atoms with van der Waals surface area (Å²) in [4.78, 5) is 14.1. The molecule has 0 bridgehead atoms. The standard InChI is InChI=1S/C86H116O18Si2/c1-56(2)105(57(3)4,58(5)6)96-54-71-75(101-84-80(93-51-68-41-29-19-30-42-68)77(91-49-66-37-25-17-26-38-66)73(62(13)98-84)89-47-64-33-21-15-22-34-64)70(45-46-88-71)53-95-83-82(79-76(103-86(87)104-79)72(100-83)55-97-106(59(7)8,60(9)10)61(11)12)102-85-81(94-52-69-43-31-20-32-44-69)78(92-50-67-39-27-18-28-40-67)74(63(14)99-85)90-48-65-35-23-16-24-36-65/h15-46,56-63,70-85H,47-55H2,1-14H3/t62-,63-,70-,71+,72+,73+,74+,75-,76-,77+,78+,79-,80-,81-,82+,83+,84-,85-/m0/s1. The van der Waals surface area contributed by atoms with E-state index in [9.17, 15) is 4.79 Å². The highest BCUT2D eigenvalue weighted by molar-refractivity contribution is 6.78. The Morgan fingerprint density at radius 1 is 0.330 bits per heavy atom. The Labute approximate surface area is 631 Å². The van der Waals surface area contributed by atoms with Crippen LogP contribution in [-0.4, -0.2) is 147 Å². The second-order valence-electron chi connectivity index (χ2n) is 30.9. The molecule has 0 unspecified atom stereocenters. The number of carbonyl (C=O) groups excluding carboxylic acids is 1. The van der Waals surface area contributed by atoms with Gasteiger partial charge in [-0.1, -0.05) is 265 Å². The Hall–Kier alpha value is -6.00. The molecule has 6 aromatic carbocycles. The fourth-order valence-electron chi connectivity index (χ4n) is 16.9. The lowest BCUT2D eigenvalue weighted by molar-refractivity contribution is -0.368. The van der Waals surface area contributed by atoms with Gasteiger partial charge in [0.15, 0.2) is 45.5 Å². The molecule has 6 aromatic rings. The quantitative estimate of drug-likeness (QED) is 0.0266. The van der Waals surface area contributed by atoms with Crippen molar-refractivity contribution in [3.8, 4) is 0 Å². The van der Waals surface area contributed by atoms with Crippen LogP contribution in [0.5, 0.6) is 0 Å². The molecule has 5 aliphatic heterocycles. The Morgan fingerprint density at radius 2 is 0.642 bits per heavy atom. The van der Waals surface area contributed by atoms with E-state index >= 15 is 0 Å². The van der Waals surface area contributed by atoms with Crippen LogP contribution in [0.2, 0.25) is 33.2 Å². The van der Waals surface area contributed by atoms with Gasteiger partial charge in [-0.3, -0.25) is 0 Å². The molecule has 18 atom stereocenters. The van der Waals surface area contributed by atoms with E-state index in [1.54, 1.807) is 6.26 Å². The molecule has 0 aliphatic carbocycles. The predicted octanol–water partition coefficient (Wildman–Crippen LogP) is 17.3. The van der Waals surface area contributed by atoms with Crippen LogP contribution in [-0.2, 0) is 120 Å². The van der Waals surface area contributed by atoms with Crippen molar-refractivity contribution < 1.29 is 84.7 Å². The number of ether oxygens (including phenoxy) is 15. The summed E-state index contributed by atoms with van der Waals surface area (Å²) >= 11 is 0. The van der Waals surface area contributed by atoms with Gasteiger partial charge in [0.25, 0.3) is 0 Å². The largest absolute Gasteiger partial charge is 0.509 e. The maximum atomic E-state index is 14.1. The fourth-order valence-corrected chi connectivity index (χ4v) is 27.8. The van der Waals surface area contributed by atoms with Crippen molar-refractivity contribution >= 4 is 22.8 Å². The number of carbonyl (C=O) groups is 1. The second-order valence-corrected chi connectivity index (χ2v) is 41.8. The SMILES string of the molecule is CC(C)[Si](OC[C@H]1O[C@@H](OC[C@@H]2C=CO[C@H](CO[Si](C(C)C)(C(C)C)C(C)C)[C@H]2O[C@@H]2O[C@@H](C)[C@@H](OCc3ccccc3)[C@@H](OCc3ccccc3)[C@@H]2OCc2ccccc2)[C@H](O[C@@H]2O[C@@H](C)[C@@H](OCc3ccccc3)[C@@H](OCc3ccccc3)[C@@H]2OCc2ccccc2)[C@H]2OC(=O)O[C@H]21)(C(C)C)C(C)C. The van der Waals surface area contributed by atoms with Crippen LogP contribution in [0, 0.1) is 5.92 Å². The normalized spacial score (nSPS) is 28.5. The number of hydrogen-bond donors (Lipinski definition) is 0. The summed E-state index contributed by atoms with van der Waals surface area (Å²) in [6.07, 6.45) is -12.2. The van der Waals surface area contributed by atoms with Crippen molar-refractivity contribution in [2.75, 3.05) is 19.8 Å². The van der Waals surface area contributed by atoms with Gasteiger partial charge >= 0.3 is 6.16 Å². The second kappa shape index (κ2) is 38.6. The molecule has 0 amide bonds.